The maximum atomic E-state index is 11.0. The Bertz CT molecular complexity index is 754. The third-order valence-electron chi connectivity index (χ3n) is 2.66. The predicted molar refractivity (Wildman–Crippen MR) is 70.8 cm³/mol. The molecule has 0 aliphatic heterocycles. The number of ether oxygens (including phenoxy) is 1. The molecule has 6 heteroatoms. The van der Waals surface area contributed by atoms with E-state index in [0.717, 1.165) is 10.9 Å². The largest absolute Gasteiger partial charge is 0.438 e. The number of carbonyl (C=O) groups is 1. The van der Waals surface area contributed by atoms with E-state index in [9.17, 15) is 4.79 Å². The zero-order valence-electron chi connectivity index (χ0n) is 9.63. The van der Waals surface area contributed by atoms with Crippen molar-refractivity contribution < 1.29 is 9.53 Å². The lowest BCUT2D eigenvalue weighted by molar-refractivity contribution is 0.112. The monoisotopic (exact) mass is 273 g/mol. The Morgan fingerprint density at radius 2 is 2.16 bits per heavy atom. The van der Waals surface area contributed by atoms with Crippen molar-refractivity contribution in [3.8, 4) is 11.6 Å². The standard InChI is InChI=1S/C13H8ClN3O2/c14-12-10(6-18)13(17-7-16-12)19-9-1-2-11-8(5-9)3-4-15-11/h1-7,15H. The van der Waals surface area contributed by atoms with Crippen molar-refractivity contribution in [3.63, 3.8) is 0 Å². The average molecular weight is 274 g/mol. The predicted octanol–water partition coefficient (Wildman–Crippen LogP) is 3.22. The highest BCUT2D eigenvalue weighted by Crippen LogP contribution is 2.27. The summed E-state index contributed by atoms with van der Waals surface area (Å²) < 4.78 is 5.58. The van der Waals surface area contributed by atoms with Crippen molar-refractivity contribution in [2.45, 2.75) is 0 Å². The Morgan fingerprint density at radius 1 is 1.26 bits per heavy atom. The van der Waals surface area contributed by atoms with Gasteiger partial charge in [-0.05, 0) is 24.3 Å². The lowest BCUT2D eigenvalue weighted by Gasteiger charge is -2.07. The van der Waals surface area contributed by atoms with Crippen molar-refractivity contribution in [1.82, 2.24) is 15.0 Å². The number of halogens is 1. The number of aromatic nitrogens is 3. The number of aldehydes is 1. The van der Waals surface area contributed by atoms with Gasteiger partial charge in [0.1, 0.15) is 22.8 Å². The zero-order chi connectivity index (χ0) is 13.2. The van der Waals surface area contributed by atoms with E-state index in [1.165, 1.54) is 6.33 Å². The van der Waals surface area contributed by atoms with Gasteiger partial charge in [-0.15, -0.1) is 0 Å². The van der Waals surface area contributed by atoms with Crippen LogP contribution in [0.25, 0.3) is 10.9 Å². The van der Waals surface area contributed by atoms with Gasteiger partial charge >= 0.3 is 0 Å². The molecule has 0 atom stereocenters. The molecular formula is C13H8ClN3O2. The van der Waals surface area contributed by atoms with Crippen LogP contribution in [0.2, 0.25) is 5.15 Å². The molecule has 0 aliphatic rings. The normalized spacial score (nSPS) is 10.6. The highest BCUT2D eigenvalue weighted by Gasteiger charge is 2.11. The average Bonchev–Trinajstić information content (AvgIpc) is 2.86. The van der Waals surface area contributed by atoms with Crippen LogP contribution < -0.4 is 4.74 Å². The molecule has 0 unspecified atom stereocenters. The molecule has 0 fully saturated rings. The van der Waals surface area contributed by atoms with Crippen LogP contribution >= 0.6 is 11.6 Å². The Balaban J connectivity index is 2.00. The molecular weight excluding hydrogens is 266 g/mol. The van der Waals surface area contributed by atoms with Crippen LogP contribution in [0.15, 0.2) is 36.8 Å². The van der Waals surface area contributed by atoms with Gasteiger partial charge in [-0.2, -0.15) is 0 Å². The van der Waals surface area contributed by atoms with Crippen LogP contribution in [-0.2, 0) is 0 Å². The topological polar surface area (TPSA) is 67.9 Å². The summed E-state index contributed by atoms with van der Waals surface area (Å²) >= 11 is 5.81. The van der Waals surface area contributed by atoms with Gasteiger partial charge in [0.15, 0.2) is 6.29 Å². The smallest absolute Gasteiger partial charge is 0.234 e. The summed E-state index contributed by atoms with van der Waals surface area (Å²) in [6, 6.07) is 7.43. The van der Waals surface area contributed by atoms with Gasteiger partial charge in [-0.25, -0.2) is 9.97 Å². The lowest BCUT2D eigenvalue weighted by atomic mass is 10.2. The van der Waals surface area contributed by atoms with E-state index >= 15 is 0 Å². The van der Waals surface area contributed by atoms with E-state index in [-0.39, 0.29) is 16.6 Å². The molecule has 1 N–H and O–H groups in total. The number of rotatable bonds is 3. The van der Waals surface area contributed by atoms with Gasteiger partial charge in [-0.3, -0.25) is 4.79 Å². The molecule has 0 spiro atoms. The molecule has 2 aromatic heterocycles. The van der Waals surface area contributed by atoms with E-state index < -0.39 is 0 Å². The second-order valence-electron chi connectivity index (χ2n) is 3.83. The fourth-order valence-electron chi connectivity index (χ4n) is 1.75. The van der Waals surface area contributed by atoms with Crippen LogP contribution in [-0.4, -0.2) is 21.2 Å². The third-order valence-corrected chi connectivity index (χ3v) is 2.96. The van der Waals surface area contributed by atoms with E-state index in [0.29, 0.717) is 12.0 Å². The summed E-state index contributed by atoms with van der Waals surface area (Å²) in [5.41, 5.74) is 1.14. The SMILES string of the molecule is O=Cc1c(Cl)ncnc1Oc1ccc2[nH]ccc2c1. The summed E-state index contributed by atoms with van der Waals surface area (Å²) in [7, 11) is 0. The second kappa shape index (κ2) is 4.70. The van der Waals surface area contributed by atoms with Crippen LogP contribution in [0, 0.1) is 0 Å². The fraction of sp³-hybridized carbons (Fsp3) is 0. The molecule has 0 amide bonds. The van der Waals surface area contributed by atoms with Crippen molar-refractivity contribution in [1.29, 1.82) is 0 Å². The number of fused-ring (bicyclic) bond motifs is 1. The lowest BCUT2D eigenvalue weighted by Crippen LogP contribution is -1.96. The molecule has 1 aromatic carbocycles. The Hall–Kier alpha value is -2.40. The fourth-order valence-corrected chi connectivity index (χ4v) is 1.92. The number of carbonyl (C=O) groups excluding carboxylic acids is 1. The van der Waals surface area contributed by atoms with E-state index in [1.54, 1.807) is 6.07 Å². The van der Waals surface area contributed by atoms with Crippen LogP contribution in [0.1, 0.15) is 10.4 Å². The minimum atomic E-state index is 0.0720. The Labute approximate surface area is 113 Å². The summed E-state index contributed by atoms with van der Waals surface area (Å²) in [4.78, 5) is 21.7. The maximum absolute atomic E-state index is 11.0. The molecule has 3 rings (SSSR count). The van der Waals surface area contributed by atoms with Gasteiger partial charge in [-0.1, -0.05) is 11.6 Å². The highest BCUT2D eigenvalue weighted by molar-refractivity contribution is 6.31. The van der Waals surface area contributed by atoms with Gasteiger partial charge in [0.25, 0.3) is 0 Å². The summed E-state index contributed by atoms with van der Waals surface area (Å²) in [5.74, 6) is 0.717. The van der Waals surface area contributed by atoms with Gasteiger partial charge < -0.3 is 9.72 Å². The number of hydrogen-bond acceptors (Lipinski definition) is 4. The quantitative estimate of drug-likeness (QED) is 0.588. The van der Waals surface area contributed by atoms with Crippen molar-refractivity contribution in [2.75, 3.05) is 0 Å². The molecule has 3 aromatic rings. The van der Waals surface area contributed by atoms with Crippen molar-refractivity contribution >= 4 is 28.8 Å². The van der Waals surface area contributed by atoms with E-state index in [4.69, 9.17) is 16.3 Å². The molecule has 0 saturated carbocycles. The summed E-state index contributed by atoms with van der Waals surface area (Å²) in [5, 5.41) is 1.08. The second-order valence-corrected chi connectivity index (χ2v) is 4.19. The maximum Gasteiger partial charge on any atom is 0.234 e. The summed E-state index contributed by atoms with van der Waals surface area (Å²) in [6.45, 7) is 0. The van der Waals surface area contributed by atoms with Gasteiger partial charge in [0.2, 0.25) is 5.88 Å². The molecule has 19 heavy (non-hydrogen) atoms. The minimum absolute atomic E-state index is 0.0720. The number of H-pyrrole nitrogens is 1. The number of aromatic amines is 1. The minimum Gasteiger partial charge on any atom is -0.438 e. The number of nitrogens with zero attached hydrogens (tertiary/aromatic N) is 2. The Morgan fingerprint density at radius 3 is 3.00 bits per heavy atom. The molecule has 0 aliphatic carbocycles. The molecule has 0 saturated heterocycles. The first-order valence-electron chi connectivity index (χ1n) is 5.48. The Kier molecular flexibility index (Phi) is 2.89. The van der Waals surface area contributed by atoms with Crippen molar-refractivity contribution in [3.05, 3.63) is 47.5 Å². The highest BCUT2D eigenvalue weighted by atomic mass is 35.5. The van der Waals surface area contributed by atoms with Crippen LogP contribution in [0.4, 0.5) is 0 Å². The first kappa shape index (κ1) is 11.7. The first-order valence-corrected chi connectivity index (χ1v) is 5.86. The zero-order valence-corrected chi connectivity index (χ0v) is 10.4. The number of benzene rings is 1. The summed E-state index contributed by atoms with van der Waals surface area (Å²) in [6.07, 6.45) is 3.67. The molecule has 94 valence electrons. The molecule has 5 nitrogen and oxygen atoms in total. The van der Waals surface area contributed by atoms with Crippen molar-refractivity contribution in [2.24, 2.45) is 0 Å². The van der Waals surface area contributed by atoms with E-state index in [1.807, 2.05) is 24.4 Å². The molecule has 0 radical (unpaired) electrons. The molecule has 0 bridgehead atoms. The third kappa shape index (κ3) is 2.15. The van der Waals surface area contributed by atoms with Crippen LogP contribution in [0.5, 0.6) is 11.6 Å². The number of hydrogen-bond donors (Lipinski definition) is 1. The molecule has 2 heterocycles. The van der Waals surface area contributed by atoms with Crippen LogP contribution in [0.3, 0.4) is 0 Å². The number of nitrogens with one attached hydrogen (secondary N) is 1. The van der Waals surface area contributed by atoms with Gasteiger partial charge in [0, 0.05) is 17.1 Å². The van der Waals surface area contributed by atoms with Gasteiger partial charge in [0.05, 0.1) is 0 Å². The van der Waals surface area contributed by atoms with E-state index in [2.05, 4.69) is 15.0 Å². The first-order chi connectivity index (χ1) is 9.28.